The molecule has 1 aliphatic heterocycles. The highest BCUT2D eigenvalue weighted by atomic mass is 35.5. The molecule has 0 aliphatic carbocycles. The van der Waals surface area contributed by atoms with Crippen molar-refractivity contribution in [2.45, 2.75) is 46.6 Å². The lowest BCUT2D eigenvalue weighted by Gasteiger charge is -2.31. The maximum Gasteiger partial charge on any atom is 0.261 e. The first-order chi connectivity index (χ1) is 15.5. The molecule has 1 aliphatic rings. The maximum absolute atomic E-state index is 13.3. The van der Waals surface area contributed by atoms with E-state index in [2.05, 4.69) is 26.4 Å². The zero-order valence-corrected chi connectivity index (χ0v) is 20.0. The molecule has 3 heterocycles. The second kappa shape index (κ2) is 10.0. The monoisotopic (exact) mass is 453 g/mol. The van der Waals surface area contributed by atoms with Gasteiger partial charge in [0.25, 0.3) is 5.91 Å². The van der Waals surface area contributed by atoms with Crippen LogP contribution in [0.15, 0.2) is 36.8 Å². The number of imidazole rings is 1. The Kier molecular flexibility index (Phi) is 7.11. The minimum atomic E-state index is -0.159. The van der Waals surface area contributed by atoms with Crippen molar-refractivity contribution in [1.29, 1.82) is 0 Å². The molecule has 3 aromatic rings. The molecular formula is C25H32ClN5O. The van der Waals surface area contributed by atoms with Crippen LogP contribution in [-0.2, 0) is 6.54 Å². The second-order valence-corrected chi connectivity index (χ2v) is 9.03. The number of nitrogens with zero attached hydrogens (tertiary/aromatic N) is 5. The Balaban J connectivity index is 1.51. The molecular weight excluding hydrogens is 422 g/mol. The van der Waals surface area contributed by atoms with Crippen LogP contribution in [0.1, 0.15) is 49.0 Å². The van der Waals surface area contributed by atoms with Gasteiger partial charge in [-0.15, -0.1) is 0 Å². The molecule has 0 spiro atoms. The van der Waals surface area contributed by atoms with E-state index in [0.29, 0.717) is 22.6 Å². The van der Waals surface area contributed by atoms with E-state index < -0.39 is 0 Å². The highest BCUT2D eigenvalue weighted by Crippen LogP contribution is 2.28. The van der Waals surface area contributed by atoms with E-state index in [0.717, 1.165) is 42.3 Å². The Morgan fingerprint density at radius 2 is 1.88 bits per heavy atom. The summed E-state index contributed by atoms with van der Waals surface area (Å²) in [4.78, 5) is 26.6. The van der Waals surface area contributed by atoms with Crippen LogP contribution in [0.5, 0.6) is 0 Å². The summed E-state index contributed by atoms with van der Waals surface area (Å²) in [6.07, 6.45) is 7.01. The Labute approximate surface area is 195 Å². The molecule has 0 radical (unpaired) electrons. The first-order valence-corrected chi connectivity index (χ1v) is 12.0. The molecule has 1 fully saturated rings. The lowest BCUT2D eigenvalue weighted by molar-refractivity contribution is 0.0988. The predicted octanol–water partition coefficient (Wildman–Crippen LogP) is 5.18. The van der Waals surface area contributed by atoms with Gasteiger partial charge < -0.3 is 14.4 Å². The molecule has 0 unspecified atom stereocenters. The molecule has 32 heavy (non-hydrogen) atoms. The number of halogens is 1. The molecule has 0 bridgehead atoms. The van der Waals surface area contributed by atoms with Crippen molar-refractivity contribution in [2.24, 2.45) is 5.92 Å². The van der Waals surface area contributed by atoms with Gasteiger partial charge in [0, 0.05) is 25.0 Å². The maximum atomic E-state index is 13.3. The molecule has 2 aromatic heterocycles. The van der Waals surface area contributed by atoms with Gasteiger partial charge >= 0.3 is 0 Å². The number of hydrogen-bond donors (Lipinski definition) is 0. The van der Waals surface area contributed by atoms with Crippen molar-refractivity contribution in [2.75, 3.05) is 31.1 Å². The summed E-state index contributed by atoms with van der Waals surface area (Å²) in [5.74, 6) is 0.576. The van der Waals surface area contributed by atoms with Crippen LogP contribution in [-0.4, -0.2) is 51.5 Å². The number of aryl methyl sites for hydroxylation is 2. The molecule has 6 nitrogen and oxygen atoms in total. The van der Waals surface area contributed by atoms with Gasteiger partial charge in [0.1, 0.15) is 5.52 Å². The summed E-state index contributed by atoms with van der Waals surface area (Å²) in [6, 6.07) is 7.91. The number of rotatable bonds is 7. The number of carbonyl (C=O) groups is 1. The Hall–Kier alpha value is -2.44. The van der Waals surface area contributed by atoms with E-state index in [1.807, 2.05) is 38.1 Å². The zero-order chi connectivity index (χ0) is 22.7. The first-order valence-electron chi connectivity index (χ1n) is 11.6. The summed E-state index contributed by atoms with van der Waals surface area (Å²) < 4.78 is 2.07. The second-order valence-electron chi connectivity index (χ2n) is 8.65. The first kappa shape index (κ1) is 22.7. The molecule has 1 amide bonds. The van der Waals surface area contributed by atoms with Crippen LogP contribution in [0.2, 0.25) is 5.02 Å². The zero-order valence-electron chi connectivity index (χ0n) is 19.2. The fraction of sp³-hybridized carbons (Fsp3) is 0.480. The fourth-order valence-corrected chi connectivity index (χ4v) is 4.78. The average molecular weight is 454 g/mol. The summed E-state index contributed by atoms with van der Waals surface area (Å²) in [7, 11) is 0. The number of aromatic nitrogens is 3. The fourth-order valence-electron chi connectivity index (χ4n) is 4.52. The summed E-state index contributed by atoms with van der Waals surface area (Å²) in [6.45, 7) is 11.1. The van der Waals surface area contributed by atoms with Crippen molar-refractivity contribution in [3.8, 4) is 0 Å². The van der Waals surface area contributed by atoms with Crippen LogP contribution in [0.4, 0.5) is 5.69 Å². The molecule has 170 valence electrons. The number of pyridine rings is 1. The van der Waals surface area contributed by atoms with Gasteiger partial charge in [0.2, 0.25) is 0 Å². The number of likely N-dealkylation sites (tertiary alicyclic amines) is 1. The lowest BCUT2D eigenvalue weighted by atomic mass is 9.93. The topological polar surface area (TPSA) is 54.3 Å². The molecule has 1 saturated heterocycles. The number of hydrogen-bond acceptors (Lipinski definition) is 4. The normalized spacial score (nSPS) is 15.4. The highest BCUT2D eigenvalue weighted by molar-refractivity contribution is 6.38. The average Bonchev–Trinajstić information content (AvgIpc) is 3.24. The van der Waals surface area contributed by atoms with Crippen molar-refractivity contribution in [3.05, 3.63) is 52.9 Å². The molecule has 0 atom stereocenters. The Morgan fingerprint density at radius 3 is 2.53 bits per heavy atom. The van der Waals surface area contributed by atoms with E-state index in [4.69, 9.17) is 11.6 Å². The minimum Gasteiger partial charge on any atom is -0.315 e. The van der Waals surface area contributed by atoms with E-state index in [1.54, 1.807) is 17.4 Å². The smallest absolute Gasteiger partial charge is 0.261 e. The molecule has 4 rings (SSSR count). The van der Waals surface area contributed by atoms with Gasteiger partial charge in [-0.25, -0.2) is 9.97 Å². The number of benzene rings is 1. The van der Waals surface area contributed by atoms with Crippen molar-refractivity contribution >= 4 is 34.4 Å². The largest absolute Gasteiger partial charge is 0.315 e. The van der Waals surface area contributed by atoms with E-state index >= 15 is 0 Å². The summed E-state index contributed by atoms with van der Waals surface area (Å²) >= 11 is 6.68. The number of piperidine rings is 1. The molecule has 0 saturated carbocycles. The van der Waals surface area contributed by atoms with Crippen LogP contribution in [0.3, 0.4) is 0 Å². The van der Waals surface area contributed by atoms with Crippen LogP contribution < -0.4 is 4.90 Å². The van der Waals surface area contributed by atoms with E-state index in [9.17, 15) is 4.79 Å². The van der Waals surface area contributed by atoms with Gasteiger partial charge in [0.15, 0.2) is 5.65 Å². The van der Waals surface area contributed by atoms with Gasteiger partial charge in [-0.05, 0) is 70.8 Å². The predicted molar refractivity (Wildman–Crippen MR) is 131 cm³/mol. The third-order valence-electron chi connectivity index (χ3n) is 6.64. The van der Waals surface area contributed by atoms with Crippen molar-refractivity contribution in [3.63, 3.8) is 0 Å². The lowest BCUT2D eigenvalue weighted by Crippen LogP contribution is -2.33. The minimum absolute atomic E-state index is 0.159. The van der Waals surface area contributed by atoms with Crippen molar-refractivity contribution in [1.82, 2.24) is 19.4 Å². The van der Waals surface area contributed by atoms with Gasteiger partial charge in [-0.1, -0.05) is 36.2 Å². The van der Waals surface area contributed by atoms with E-state index in [1.165, 1.54) is 25.9 Å². The molecule has 1 aromatic carbocycles. The van der Waals surface area contributed by atoms with Crippen molar-refractivity contribution < 1.29 is 4.79 Å². The molecule has 7 heteroatoms. The number of anilines is 1. The summed E-state index contributed by atoms with van der Waals surface area (Å²) in [5.41, 5.74) is 3.73. The highest BCUT2D eigenvalue weighted by Gasteiger charge is 2.23. The van der Waals surface area contributed by atoms with Crippen LogP contribution in [0, 0.1) is 12.8 Å². The third-order valence-corrected chi connectivity index (χ3v) is 7.02. The Bertz CT molecular complexity index is 1070. The van der Waals surface area contributed by atoms with E-state index in [-0.39, 0.29) is 5.91 Å². The van der Waals surface area contributed by atoms with Gasteiger partial charge in [0.05, 0.1) is 16.9 Å². The third kappa shape index (κ3) is 4.66. The van der Waals surface area contributed by atoms with Crippen LogP contribution in [0.25, 0.3) is 11.2 Å². The Morgan fingerprint density at radius 1 is 1.16 bits per heavy atom. The van der Waals surface area contributed by atoms with Gasteiger partial charge in [-0.2, -0.15) is 0 Å². The number of amides is 1. The standard InChI is InChI=1S/C25H32ClN5O/c1-4-29-13-10-19(11-14-29)12-15-30-17-28-23-22(26)21(16-27-24(23)30)25(32)31(5-2)20-8-6-18(3)7-9-20/h6-9,16-17,19H,4-5,10-15H2,1-3H3. The van der Waals surface area contributed by atoms with Crippen LogP contribution >= 0.6 is 11.6 Å². The summed E-state index contributed by atoms with van der Waals surface area (Å²) in [5, 5.41) is 0.376. The molecule has 0 N–H and O–H groups in total. The SMILES string of the molecule is CCN1CCC(CCn2cnc3c(Cl)c(C(=O)N(CC)c4ccc(C)cc4)cnc32)CC1. The number of fused-ring (bicyclic) bond motifs is 1. The quantitative estimate of drug-likeness (QED) is 0.494. The van der Waals surface area contributed by atoms with Gasteiger partial charge in [-0.3, -0.25) is 4.79 Å². The number of carbonyl (C=O) groups excluding carboxylic acids is 1.